The fourth-order valence-electron chi connectivity index (χ4n) is 19.2. The molecule has 694 valence electrons. The summed E-state index contributed by atoms with van der Waals surface area (Å²) >= 11 is 0. The summed E-state index contributed by atoms with van der Waals surface area (Å²) in [5.41, 5.74) is 12.6. The standard InChI is InChI=1S/2C45H36NO.C23H24N.C19H16N.2Ir/c2*1-27-21-32(30-9-4-5-10-30)17-19-35(27)33-18-20-36(28(2)22-33)40-24-43(46-26-29(40)3)39-14-8-13-38-42-23-34-16-15-31-11-6-7-12-37(31)41(34)25-44(42)47-45(38)39;1-17-10-12-20(14-21(17)19-8-6-5-7-9-19)22-13-11-18(16-24-22)15-23(2,3)4;1-14-8-11-19(20-13-14)17-10-9-15(2)18(12-17)16-6-4-3-5-7-16;;/h2*6-8,11-13,15-26,30H,4-5,9-10H2,1-3H3;5-11,13-14,16H,15H2,1-4H3;3-9,11-13H,1-2H3;;/q4*-1;;/i2*1D3,2D3,3D3,30D;1D3,15D2;1D3,2D3;;. The van der Waals surface area contributed by atoms with Crippen LogP contribution in [-0.4, -0.2) is 19.9 Å². The van der Waals surface area contributed by atoms with Gasteiger partial charge in [-0.25, -0.2) is 0 Å². The minimum absolute atomic E-state index is 0. The molecule has 6 aromatic heterocycles. The van der Waals surface area contributed by atoms with Gasteiger partial charge in [0.2, 0.25) is 0 Å². The number of benzene rings is 16. The Morgan fingerprint density at radius 1 is 0.314 bits per heavy atom. The van der Waals surface area contributed by atoms with Crippen LogP contribution in [0.3, 0.4) is 0 Å². The molecule has 0 aliphatic heterocycles. The van der Waals surface area contributed by atoms with E-state index in [1.165, 1.54) is 48.9 Å². The van der Waals surface area contributed by atoms with Crippen molar-refractivity contribution in [3.05, 3.63) is 431 Å². The average molecular weight is 2200 g/mol. The van der Waals surface area contributed by atoms with Crippen LogP contribution >= 0.6 is 0 Å². The molecule has 0 amide bonds. The van der Waals surface area contributed by atoms with Gasteiger partial charge in [0.25, 0.3) is 0 Å². The van der Waals surface area contributed by atoms with Crippen LogP contribution in [0.15, 0.2) is 349 Å². The van der Waals surface area contributed by atoms with Gasteiger partial charge >= 0.3 is 0 Å². The number of fused-ring (bicyclic) bond motifs is 12. The van der Waals surface area contributed by atoms with Crippen LogP contribution < -0.4 is 0 Å². The summed E-state index contributed by atoms with van der Waals surface area (Å²) in [7, 11) is 0. The van der Waals surface area contributed by atoms with Gasteiger partial charge in [-0.05, 0) is 299 Å². The third kappa shape index (κ3) is 19.7. The third-order valence-electron chi connectivity index (χ3n) is 26.1. The summed E-state index contributed by atoms with van der Waals surface area (Å²) in [5.74, 6) is -1.74. The Kier molecular flexibility index (Phi) is 18.8. The van der Waals surface area contributed by atoms with Crippen LogP contribution in [0, 0.1) is 91.3 Å². The van der Waals surface area contributed by atoms with E-state index in [4.69, 9.17) is 51.3 Å². The molecular formula is C132H112Ir2N4O2-4. The summed E-state index contributed by atoms with van der Waals surface area (Å²) < 4.78 is 270. The van der Waals surface area contributed by atoms with Crippen LogP contribution in [0.1, 0.15) is 193 Å². The second-order valence-corrected chi connectivity index (χ2v) is 36.3. The summed E-state index contributed by atoms with van der Waals surface area (Å²) in [4.78, 5) is 17.8. The Morgan fingerprint density at radius 3 is 1.16 bits per heavy atom. The van der Waals surface area contributed by atoms with E-state index < -0.39 is 85.2 Å². The molecule has 6 heterocycles. The van der Waals surface area contributed by atoms with Crippen molar-refractivity contribution in [3.8, 4) is 112 Å². The van der Waals surface area contributed by atoms with E-state index in [0.717, 1.165) is 101 Å². The summed E-state index contributed by atoms with van der Waals surface area (Å²) in [6.45, 7) is -17.0. The minimum Gasteiger partial charge on any atom is -0.501 e. The topological polar surface area (TPSA) is 77.8 Å². The molecule has 6 nitrogen and oxygen atoms in total. The molecule has 2 saturated carbocycles. The number of hydrogen-bond acceptors (Lipinski definition) is 6. The average Bonchev–Trinajstić information content (AvgIpc) is 1.62. The number of aromatic nitrogens is 4. The maximum Gasteiger partial charge on any atom is 0.121 e. The van der Waals surface area contributed by atoms with E-state index in [2.05, 4.69) is 105 Å². The quantitative estimate of drug-likeness (QED) is 0.0845. The van der Waals surface area contributed by atoms with E-state index in [1.807, 2.05) is 130 Å². The van der Waals surface area contributed by atoms with E-state index in [1.54, 1.807) is 121 Å². The number of pyridine rings is 4. The monoisotopic (exact) mass is 2200 g/mol. The Bertz CT molecular complexity index is 9370. The minimum atomic E-state index is -2.72. The zero-order valence-corrected chi connectivity index (χ0v) is 81.6. The van der Waals surface area contributed by atoms with E-state index in [0.29, 0.717) is 143 Å². The number of aryl methyl sites for hydroxylation is 9. The van der Waals surface area contributed by atoms with Crippen molar-refractivity contribution >= 4 is 87.0 Å². The van der Waals surface area contributed by atoms with Crippen molar-refractivity contribution in [1.82, 2.24) is 19.9 Å². The van der Waals surface area contributed by atoms with E-state index >= 15 is 0 Å². The van der Waals surface area contributed by atoms with Gasteiger partial charge in [-0.2, -0.15) is 0 Å². The molecule has 0 N–H and O–H groups in total. The van der Waals surface area contributed by atoms with Gasteiger partial charge in [0.05, 0.1) is 11.2 Å². The molecule has 0 spiro atoms. The van der Waals surface area contributed by atoms with Crippen LogP contribution in [-0.2, 0) is 46.6 Å². The Labute approximate surface area is 893 Å². The van der Waals surface area contributed by atoms with Crippen molar-refractivity contribution in [2.45, 2.75) is 152 Å². The third-order valence-corrected chi connectivity index (χ3v) is 26.1. The number of rotatable bonds is 13. The molecule has 0 saturated heterocycles. The fraction of sp³-hybridized carbons (Fsp3) is 0.182. The Morgan fingerprint density at radius 2 is 0.736 bits per heavy atom. The molecule has 22 aromatic rings. The fourth-order valence-corrected chi connectivity index (χ4v) is 19.2. The molecule has 2 radical (unpaired) electrons. The Balaban J connectivity index is 0.000000147. The molecule has 2 aliphatic rings. The molecule has 0 bridgehead atoms. The van der Waals surface area contributed by atoms with Gasteiger partial charge < -0.3 is 28.8 Å². The molecule has 16 aromatic carbocycles. The number of furan rings is 2. The molecule has 0 unspecified atom stereocenters. The van der Waals surface area contributed by atoms with Crippen molar-refractivity contribution < 1.29 is 91.5 Å². The second-order valence-electron chi connectivity index (χ2n) is 36.3. The summed E-state index contributed by atoms with van der Waals surface area (Å²) in [6, 6.07) is 107. The predicted octanol–water partition coefficient (Wildman–Crippen LogP) is 36.3. The smallest absolute Gasteiger partial charge is 0.121 e. The molecule has 140 heavy (non-hydrogen) atoms. The number of hydrogen-bond donors (Lipinski definition) is 0. The SMILES string of the molecule is [2H]C([2H])([2H])c1c[c-]c(-c2ccc(C([2H])([2H])C(C)(C)C)cn2)cc1-c1ccccc1.[2H]C([2H])([2H])c1cc(C2([2H])CCCC2)ccc1-c1ccc(-c2cc(-c3[c-]ccc4c3oc3cc5c(ccc6ccccc65)cc34)ncc2C([2H])([2H])[2H])c(C([2H])([2H])[2H])c1.[2H]C([2H])([2H])c1cc(C2([2H])CCCC2)ccc1-c1ccc(-c2cc(-c3[c-]ccc4c3oc3cc5c(ccc6ccccc65)cc34)ncc2C([2H])([2H])[2H])c(C([2H])([2H])[2H])c1.[2H]C([2H])([2H])c1ccc(-c2[c-]cc(C([2H])([2H])[2H])c(-c3ccccc3)c2)nc1.[Ir].[Ir]. The largest absolute Gasteiger partial charge is 0.501 e. The van der Waals surface area contributed by atoms with Crippen molar-refractivity contribution in [3.63, 3.8) is 0 Å². The van der Waals surface area contributed by atoms with Crippen molar-refractivity contribution in [2.75, 3.05) is 0 Å². The first-order valence-corrected chi connectivity index (χ1v) is 46.2. The molecule has 2 fully saturated rings. The normalized spacial score (nSPS) is 17.4. The van der Waals surface area contributed by atoms with Gasteiger partial charge in [0.15, 0.2) is 0 Å². The first-order valence-electron chi connectivity index (χ1n) is 61.7. The first-order chi connectivity index (χ1) is 79.6. The van der Waals surface area contributed by atoms with Crippen molar-refractivity contribution in [2.24, 2.45) is 5.41 Å². The molecule has 8 heteroatoms. The Hall–Kier alpha value is -13.9. The number of nitrogens with zero attached hydrogens (tertiary/aromatic N) is 4. The first kappa shape index (κ1) is 64.3. The van der Waals surface area contributed by atoms with Gasteiger partial charge in [-0.15, -0.1) is 95.1 Å². The zero-order chi connectivity index (χ0) is 121. The molecular weight excluding hydrogens is 2060 g/mol. The van der Waals surface area contributed by atoms with Gasteiger partial charge in [-0.1, -0.05) is 336 Å². The van der Waals surface area contributed by atoms with Crippen LogP contribution in [0.2, 0.25) is 0 Å². The van der Waals surface area contributed by atoms with Crippen LogP contribution in [0.5, 0.6) is 0 Å². The zero-order valence-electron chi connectivity index (χ0n) is 108. The predicted molar refractivity (Wildman–Crippen MR) is 579 cm³/mol. The molecule has 0 atom stereocenters. The molecule has 24 rings (SSSR count). The molecule has 2 aliphatic carbocycles. The van der Waals surface area contributed by atoms with E-state index in [-0.39, 0.29) is 113 Å². The van der Waals surface area contributed by atoms with Gasteiger partial charge in [0.1, 0.15) is 11.2 Å². The maximum absolute atomic E-state index is 9.00. The summed E-state index contributed by atoms with van der Waals surface area (Å²) in [6.07, 6.45) is 10.0. The maximum atomic E-state index is 9.00. The van der Waals surface area contributed by atoms with Gasteiger partial charge in [-0.3, -0.25) is 0 Å². The van der Waals surface area contributed by atoms with Crippen molar-refractivity contribution in [1.29, 1.82) is 0 Å². The summed E-state index contributed by atoms with van der Waals surface area (Å²) in [5, 5.41) is 12.1. The van der Waals surface area contributed by atoms with Crippen LogP contribution in [0.4, 0.5) is 0 Å². The van der Waals surface area contributed by atoms with Gasteiger partial charge in [0, 0.05) is 118 Å². The van der Waals surface area contributed by atoms with E-state index in [9.17, 15) is 0 Å². The van der Waals surface area contributed by atoms with Crippen LogP contribution in [0.25, 0.3) is 199 Å². The second kappa shape index (κ2) is 40.9.